The minimum Gasteiger partial charge on any atom is -0.379 e. The zero-order valence-corrected chi connectivity index (χ0v) is 11.9. The Morgan fingerprint density at radius 1 is 1.20 bits per heavy atom. The van der Waals surface area contributed by atoms with Crippen molar-refractivity contribution < 1.29 is 0 Å². The van der Waals surface area contributed by atoms with Gasteiger partial charge in [0.05, 0.1) is 5.69 Å². The molecule has 1 fully saturated rings. The highest BCUT2D eigenvalue weighted by atomic mass is 15.3. The quantitative estimate of drug-likeness (QED) is 0.929. The van der Waals surface area contributed by atoms with E-state index < -0.39 is 0 Å². The van der Waals surface area contributed by atoms with Crippen LogP contribution >= 0.6 is 0 Å². The fourth-order valence-electron chi connectivity index (χ4n) is 2.69. The minimum atomic E-state index is 0.512. The molecular weight excluding hydrogens is 250 g/mol. The van der Waals surface area contributed by atoms with Crippen molar-refractivity contribution in [3.8, 4) is 5.82 Å². The Labute approximate surface area is 119 Å². The number of nitrogens with one attached hydrogen (secondary N) is 1. The number of hydrogen-bond acceptors (Lipinski definition) is 4. The molecule has 106 valence electrons. The van der Waals surface area contributed by atoms with Gasteiger partial charge in [0.15, 0.2) is 5.82 Å². The van der Waals surface area contributed by atoms with Crippen molar-refractivity contribution in [3.63, 3.8) is 0 Å². The van der Waals surface area contributed by atoms with Crippen LogP contribution in [0.15, 0.2) is 36.8 Å². The molecule has 1 aliphatic heterocycles. The molecule has 1 unspecified atom stereocenters. The van der Waals surface area contributed by atoms with Gasteiger partial charge < -0.3 is 10.2 Å². The third-order valence-electron chi connectivity index (χ3n) is 3.82. The van der Waals surface area contributed by atoms with Crippen LogP contribution in [0.1, 0.15) is 19.3 Å². The molecule has 1 aliphatic rings. The van der Waals surface area contributed by atoms with Gasteiger partial charge in [-0.05, 0) is 57.6 Å². The largest absolute Gasteiger partial charge is 0.379 e. The highest BCUT2D eigenvalue weighted by molar-refractivity contribution is 5.56. The molecule has 2 aromatic rings. The Morgan fingerprint density at radius 3 is 3.00 bits per heavy atom. The summed E-state index contributed by atoms with van der Waals surface area (Å²) in [4.78, 5) is 6.85. The second-order valence-corrected chi connectivity index (χ2v) is 5.40. The summed E-state index contributed by atoms with van der Waals surface area (Å²) in [5, 5.41) is 7.93. The third-order valence-corrected chi connectivity index (χ3v) is 3.82. The van der Waals surface area contributed by atoms with Gasteiger partial charge in [0, 0.05) is 24.6 Å². The van der Waals surface area contributed by atoms with Crippen LogP contribution in [0.3, 0.4) is 0 Å². The van der Waals surface area contributed by atoms with E-state index >= 15 is 0 Å². The molecule has 1 saturated heterocycles. The minimum absolute atomic E-state index is 0.512. The first-order valence-electron chi connectivity index (χ1n) is 7.23. The Bertz CT molecular complexity index is 537. The summed E-state index contributed by atoms with van der Waals surface area (Å²) in [6.07, 6.45) is 9.13. The average Bonchev–Trinajstić information content (AvgIpc) is 2.91. The lowest BCUT2D eigenvalue weighted by Gasteiger charge is -2.19. The van der Waals surface area contributed by atoms with Crippen LogP contribution in [0.25, 0.3) is 5.82 Å². The van der Waals surface area contributed by atoms with Crippen LogP contribution < -0.4 is 5.32 Å². The highest BCUT2D eigenvalue weighted by Crippen LogP contribution is 2.20. The zero-order chi connectivity index (χ0) is 13.8. The molecule has 0 aromatic carbocycles. The van der Waals surface area contributed by atoms with E-state index in [2.05, 4.69) is 33.4 Å². The molecule has 2 aromatic heterocycles. The summed E-state index contributed by atoms with van der Waals surface area (Å²) < 4.78 is 1.81. The van der Waals surface area contributed by atoms with Crippen LogP contribution in [0.2, 0.25) is 0 Å². The first-order valence-corrected chi connectivity index (χ1v) is 7.23. The summed E-state index contributed by atoms with van der Waals surface area (Å²) >= 11 is 0. The molecule has 5 heteroatoms. The Balaban J connectivity index is 1.77. The topological polar surface area (TPSA) is 46.0 Å². The molecule has 3 heterocycles. The fourth-order valence-corrected chi connectivity index (χ4v) is 2.69. The smallest absolute Gasteiger partial charge is 0.176 e. The monoisotopic (exact) mass is 271 g/mol. The van der Waals surface area contributed by atoms with Gasteiger partial charge in [0.25, 0.3) is 0 Å². The Kier molecular flexibility index (Phi) is 3.97. The molecule has 20 heavy (non-hydrogen) atoms. The molecule has 1 atom stereocenters. The third kappa shape index (κ3) is 2.99. The molecule has 0 saturated carbocycles. The van der Waals surface area contributed by atoms with Gasteiger partial charge in [0.1, 0.15) is 0 Å². The summed E-state index contributed by atoms with van der Waals surface area (Å²) in [5.74, 6) is 0.870. The second kappa shape index (κ2) is 6.05. The van der Waals surface area contributed by atoms with E-state index in [4.69, 9.17) is 0 Å². The Morgan fingerprint density at radius 2 is 2.15 bits per heavy atom. The first-order chi connectivity index (χ1) is 9.83. The molecule has 0 radical (unpaired) electrons. The van der Waals surface area contributed by atoms with Crippen molar-refractivity contribution >= 4 is 5.69 Å². The van der Waals surface area contributed by atoms with Crippen molar-refractivity contribution in [3.05, 3.63) is 36.8 Å². The van der Waals surface area contributed by atoms with E-state index in [1.54, 1.807) is 6.20 Å². The van der Waals surface area contributed by atoms with Gasteiger partial charge >= 0.3 is 0 Å². The average molecular weight is 271 g/mol. The Hall–Kier alpha value is -1.88. The van der Waals surface area contributed by atoms with Crippen LogP contribution in [0, 0.1) is 0 Å². The molecule has 0 spiro atoms. The van der Waals surface area contributed by atoms with Gasteiger partial charge in [-0.25, -0.2) is 9.67 Å². The molecule has 0 bridgehead atoms. The molecular formula is C15H21N5. The summed E-state index contributed by atoms with van der Waals surface area (Å²) in [6.45, 7) is 2.34. The maximum atomic E-state index is 4.45. The number of anilines is 1. The maximum absolute atomic E-state index is 4.45. The number of rotatable bonds is 3. The summed E-state index contributed by atoms with van der Waals surface area (Å²) in [7, 11) is 2.20. The van der Waals surface area contributed by atoms with Crippen molar-refractivity contribution in [1.29, 1.82) is 0 Å². The molecule has 5 nitrogen and oxygen atoms in total. The fraction of sp³-hybridized carbons (Fsp3) is 0.467. The van der Waals surface area contributed by atoms with Crippen LogP contribution in [0.4, 0.5) is 5.69 Å². The van der Waals surface area contributed by atoms with Gasteiger partial charge in [-0.3, -0.25) is 0 Å². The van der Waals surface area contributed by atoms with Gasteiger partial charge in [-0.1, -0.05) is 0 Å². The number of pyridine rings is 1. The number of aromatic nitrogens is 3. The number of likely N-dealkylation sites (tertiary alicyclic amines) is 1. The molecule has 3 rings (SSSR count). The maximum Gasteiger partial charge on any atom is 0.176 e. The molecule has 0 aliphatic carbocycles. The van der Waals surface area contributed by atoms with Crippen LogP contribution in [0.5, 0.6) is 0 Å². The SMILES string of the molecule is CN1CCCC(Nc2cccnc2-n2cccn2)CC1. The molecule has 0 amide bonds. The second-order valence-electron chi connectivity index (χ2n) is 5.40. The number of nitrogens with zero attached hydrogens (tertiary/aromatic N) is 4. The van der Waals surface area contributed by atoms with Crippen molar-refractivity contribution in [1.82, 2.24) is 19.7 Å². The van der Waals surface area contributed by atoms with Crippen LogP contribution in [-0.2, 0) is 0 Å². The lowest BCUT2D eigenvalue weighted by molar-refractivity contribution is 0.348. The van der Waals surface area contributed by atoms with E-state index in [1.165, 1.54) is 25.8 Å². The summed E-state index contributed by atoms with van der Waals surface area (Å²) in [6, 6.07) is 6.48. The number of hydrogen-bond donors (Lipinski definition) is 1. The first kappa shape index (κ1) is 13.1. The van der Waals surface area contributed by atoms with E-state index in [-0.39, 0.29) is 0 Å². The van der Waals surface area contributed by atoms with Gasteiger partial charge in [0.2, 0.25) is 0 Å². The van der Waals surface area contributed by atoms with E-state index in [9.17, 15) is 0 Å². The van der Waals surface area contributed by atoms with Crippen LogP contribution in [-0.4, -0.2) is 45.8 Å². The predicted octanol–water partition coefficient (Wildman–Crippen LogP) is 2.16. The van der Waals surface area contributed by atoms with Crippen molar-refractivity contribution in [2.45, 2.75) is 25.3 Å². The predicted molar refractivity (Wildman–Crippen MR) is 80.1 cm³/mol. The van der Waals surface area contributed by atoms with Crippen molar-refractivity contribution in [2.24, 2.45) is 0 Å². The molecule has 1 N–H and O–H groups in total. The van der Waals surface area contributed by atoms with E-state index in [0.29, 0.717) is 6.04 Å². The lowest BCUT2D eigenvalue weighted by atomic mass is 10.1. The standard InChI is InChI=1S/C15H21N5/c1-19-10-3-5-13(7-12-19)18-14-6-2-8-16-15(14)20-11-4-9-17-20/h2,4,6,8-9,11,13,18H,3,5,7,10,12H2,1H3. The highest BCUT2D eigenvalue weighted by Gasteiger charge is 2.16. The normalized spacial score (nSPS) is 20.6. The van der Waals surface area contributed by atoms with E-state index in [0.717, 1.165) is 18.1 Å². The summed E-state index contributed by atoms with van der Waals surface area (Å²) in [5.41, 5.74) is 1.06. The van der Waals surface area contributed by atoms with Gasteiger partial charge in [-0.2, -0.15) is 5.10 Å². The van der Waals surface area contributed by atoms with Gasteiger partial charge in [-0.15, -0.1) is 0 Å². The van der Waals surface area contributed by atoms with Crippen molar-refractivity contribution in [2.75, 3.05) is 25.5 Å². The lowest BCUT2D eigenvalue weighted by Crippen LogP contribution is -2.23. The zero-order valence-electron chi connectivity index (χ0n) is 11.9. The van der Waals surface area contributed by atoms with E-state index in [1.807, 2.05) is 29.2 Å².